The minimum Gasteiger partial charge on any atom is -0.341 e. The molecule has 0 unspecified atom stereocenters. The summed E-state index contributed by atoms with van der Waals surface area (Å²) in [4.78, 5) is 11.1. The Morgan fingerprint density at radius 2 is 1.89 bits per heavy atom. The fourth-order valence-corrected chi connectivity index (χ4v) is 6.62. The van der Waals surface area contributed by atoms with Crippen molar-refractivity contribution in [3.8, 4) is 0 Å². The topological polar surface area (TPSA) is 66.4 Å². The number of sulfonamides is 1. The van der Waals surface area contributed by atoms with E-state index in [4.69, 9.17) is 11.6 Å². The number of nitrogens with zero attached hydrogens (tertiary/aromatic N) is 4. The third-order valence-corrected chi connectivity index (χ3v) is 8.41. The van der Waals surface area contributed by atoms with Gasteiger partial charge in [-0.2, -0.15) is 4.31 Å². The van der Waals surface area contributed by atoms with Gasteiger partial charge < -0.3 is 4.90 Å². The van der Waals surface area contributed by atoms with E-state index in [2.05, 4.69) is 21.8 Å². The molecule has 150 valence electrons. The number of rotatable bonds is 4. The minimum absolute atomic E-state index is 0.143. The van der Waals surface area contributed by atoms with Gasteiger partial charge in [-0.3, -0.25) is 0 Å². The van der Waals surface area contributed by atoms with Gasteiger partial charge in [0, 0.05) is 43.6 Å². The third-order valence-electron chi connectivity index (χ3n) is 5.79. The van der Waals surface area contributed by atoms with Gasteiger partial charge in [-0.15, -0.1) is 0 Å². The van der Waals surface area contributed by atoms with Crippen molar-refractivity contribution >= 4 is 27.6 Å². The van der Waals surface area contributed by atoms with E-state index in [0.29, 0.717) is 37.0 Å². The molecule has 4 rings (SSSR count). The number of aryl methyl sites for hydroxylation is 1. The molecule has 0 saturated carbocycles. The molecule has 0 aliphatic carbocycles. The average Bonchev–Trinajstić information content (AvgIpc) is 2.83. The zero-order valence-electron chi connectivity index (χ0n) is 16.0. The third kappa shape index (κ3) is 3.88. The van der Waals surface area contributed by atoms with E-state index in [9.17, 15) is 8.42 Å². The Hall–Kier alpha value is -1.70. The van der Waals surface area contributed by atoms with Crippen molar-refractivity contribution in [3.05, 3.63) is 52.8 Å². The Morgan fingerprint density at radius 1 is 1.14 bits per heavy atom. The molecule has 2 aromatic rings. The molecule has 3 heterocycles. The van der Waals surface area contributed by atoms with Gasteiger partial charge in [0.25, 0.3) is 0 Å². The lowest BCUT2D eigenvalue weighted by Gasteiger charge is -2.22. The summed E-state index contributed by atoms with van der Waals surface area (Å²) in [5.74, 6) is 0.842. The van der Waals surface area contributed by atoms with E-state index in [0.717, 1.165) is 30.5 Å². The van der Waals surface area contributed by atoms with Crippen LogP contribution in [0.4, 0.5) is 5.95 Å². The molecule has 2 saturated heterocycles. The largest absolute Gasteiger partial charge is 0.341 e. The number of aromatic nitrogens is 2. The second-order valence-corrected chi connectivity index (χ2v) is 10.2. The van der Waals surface area contributed by atoms with Crippen molar-refractivity contribution in [2.24, 2.45) is 5.92 Å². The molecule has 0 amide bonds. The van der Waals surface area contributed by atoms with Crippen LogP contribution < -0.4 is 4.90 Å². The highest BCUT2D eigenvalue weighted by Crippen LogP contribution is 2.36. The molecule has 2 fully saturated rings. The average molecular weight is 421 g/mol. The predicted octanol–water partition coefficient (Wildman–Crippen LogP) is 3.12. The van der Waals surface area contributed by atoms with Crippen LogP contribution in [-0.2, 0) is 23.0 Å². The molecule has 0 bridgehead atoms. The maximum Gasteiger partial charge on any atom is 0.225 e. The highest BCUT2D eigenvalue weighted by molar-refractivity contribution is 7.90. The van der Waals surface area contributed by atoms with Gasteiger partial charge >= 0.3 is 0 Å². The summed E-state index contributed by atoms with van der Waals surface area (Å²) in [5, 5.41) is 0.305. The van der Waals surface area contributed by atoms with Crippen LogP contribution in [0.5, 0.6) is 0 Å². The number of anilines is 1. The molecule has 6 nitrogen and oxygen atoms in total. The highest BCUT2D eigenvalue weighted by Gasteiger charge is 2.46. The number of fused-ring (bicyclic) bond motifs is 1. The molecule has 2 aliphatic heterocycles. The normalized spacial score (nSPS) is 24.7. The molecule has 28 heavy (non-hydrogen) atoms. The number of hydrogen-bond acceptors (Lipinski definition) is 5. The summed E-state index contributed by atoms with van der Waals surface area (Å²) >= 11 is 6.05. The maximum atomic E-state index is 13.1. The summed E-state index contributed by atoms with van der Waals surface area (Å²) in [6.07, 6.45) is 6.06. The second-order valence-electron chi connectivity index (χ2n) is 7.58. The number of benzene rings is 1. The Balaban J connectivity index is 1.46. The maximum absolute atomic E-state index is 13.1. The molecule has 0 radical (unpaired) electrons. The summed E-state index contributed by atoms with van der Waals surface area (Å²) in [5.41, 5.74) is 2.04. The Bertz CT molecular complexity index is 935. The van der Waals surface area contributed by atoms with Gasteiger partial charge in [0.05, 0.1) is 5.25 Å². The van der Waals surface area contributed by atoms with E-state index in [1.807, 2.05) is 30.6 Å². The standard InChI is InChI=1S/C20H25ClN4O2S/c1-2-15-11-22-20(23-12-15)24-8-6-17-14-25(28(26,27)19(17)7-9-24)13-16-4-3-5-18(21)10-16/h3-5,10-12,17,19H,2,6-9,13-14H2,1H3/t17-,19-/m1/s1. The quantitative estimate of drug-likeness (QED) is 0.760. The highest BCUT2D eigenvalue weighted by atomic mass is 35.5. The fraction of sp³-hybridized carbons (Fsp3) is 0.500. The summed E-state index contributed by atoms with van der Waals surface area (Å²) in [6, 6.07) is 7.43. The SMILES string of the molecule is CCc1cnc(N2CC[C@@H]3CN(Cc4cccc(Cl)c4)S(=O)(=O)[C@@H]3CC2)nc1. The van der Waals surface area contributed by atoms with Gasteiger partial charge in [-0.05, 0) is 48.4 Å². The van der Waals surface area contributed by atoms with E-state index < -0.39 is 10.0 Å². The van der Waals surface area contributed by atoms with Crippen LogP contribution in [0.1, 0.15) is 30.9 Å². The lowest BCUT2D eigenvalue weighted by atomic mass is 10.0. The fourth-order valence-electron chi connectivity index (χ4n) is 4.18. The Morgan fingerprint density at radius 3 is 2.61 bits per heavy atom. The lowest BCUT2D eigenvalue weighted by Crippen LogP contribution is -2.32. The van der Waals surface area contributed by atoms with Gasteiger partial charge in [-0.1, -0.05) is 30.7 Å². The van der Waals surface area contributed by atoms with Crippen molar-refractivity contribution in [3.63, 3.8) is 0 Å². The Kier molecular flexibility index (Phi) is 5.58. The first-order valence-electron chi connectivity index (χ1n) is 9.76. The van der Waals surface area contributed by atoms with Crippen LogP contribution in [-0.4, -0.2) is 47.6 Å². The second kappa shape index (κ2) is 7.97. The molecule has 0 spiro atoms. The van der Waals surface area contributed by atoms with Crippen LogP contribution in [0, 0.1) is 5.92 Å². The van der Waals surface area contributed by atoms with Crippen molar-refractivity contribution < 1.29 is 8.42 Å². The summed E-state index contributed by atoms with van der Waals surface area (Å²) in [6.45, 7) is 4.49. The zero-order chi connectivity index (χ0) is 19.7. The summed E-state index contributed by atoms with van der Waals surface area (Å²) in [7, 11) is -3.32. The molecule has 8 heteroatoms. The molecular weight excluding hydrogens is 396 g/mol. The van der Waals surface area contributed by atoms with Crippen LogP contribution in [0.15, 0.2) is 36.7 Å². The summed E-state index contributed by atoms with van der Waals surface area (Å²) < 4.78 is 27.9. The van der Waals surface area contributed by atoms with Gasteiger partial charge in [0.2, 0.25) is 16.0 Å². The molecule has 1 aromatic carbocycles. The van der Waals surface area contributed by atoms with Gasteiger partial charge in [-0.25, -0.2) is 18.4 Å². The lowest BCUT2D eigenvalue weighted by molar-refractivity contribution is 0.381. The molecule has 0 N–H and O–H groups in total. The zero-order valence-corrected chi connectivity index (χ0v) is 17.5. The van der Waals surface area contributed by atoms with Gasteiger partial charge in [0.1, 0.15) is 0 Å². The molecule has 2 aliphatic rings. The van der Waals surface area contributed by atoms with E-state index in [1.54, 1.807) is 10.4 Å². The van der Waals surface area contributed by atoms with Crippen LogP contribution in [0.25, 0.3) is 0 Å². The van der Waals surface area contributed by atoms with Crippen LogP contribution in [0.2, 0.25) is 5.02 Å². The smallest absolute Gasteiger partial charge is 0.225 e. The van der Waals surface area contributed by atoms with Crippen LogP contribution in [0.3, 0.4) is 0 Å². The van der Waals surface area contributed by atoms with E-state index in [-0.39, 0.29) is 11.2 Å². The van der Waals surface area contributed by atoms with Crippen LogP contribution >= 0.6 is 11.6 Å². The van der Waals surface area contributed by atoms with Crippen molar-refractivity contribution in [2.75, 3.05) is 24.5 Å². The number of hydrogen-bond donors (Lipinski definition) is 0. The van der Waals surface area contributed by atoms with Gasteiger partial charge in [0.15, 0.2) is 0 Å². The first kappa shape index (κ1) is 19.6. The first-order valence-corrected chi connectivity index (χ1v) is 11.6. The van der Waals surface area contributed by atoms with E-state index >= 15 is 0 Å². The monoisotopic (exact) mass is 420 g/mol. The molecule has 2 atom stereocenters. The van der Waals surface area contributed by atoms with Crippen molar-refractivity contribution in [2.45, 2.75) is 38.0 Å². The van der Waals surface area contributed by atoms with E-state index in [1.165, 1.54) is 0 Å². The van der Waals surface area contributed by atoms with Crippen molar-refractivity contribution in [1.29, 1.82) is 0 Å². The van der Waals surface area contributed by atoms with Crippen molar-refractivity contribution in [1.82, 2.24) is 14.3 Å². The Labute approximate surface area is 171 Å². The molecular formula is C20H25ClN4O2S. The minimum atomic E-state index is -3.32. The number of halogens is 1. The first-order chi connectivity index (χ1) is 13.5. The predicted molar refractivity (Wildman–Crippen MR) is 111 cm³/mol. The molecule has 1 aromatic heterocycles.